The van der Waals surface area contributed by atoms with Gasteiger partial charge in [0.1, 0.15) is 12.1 Å². The quantitative estimate of drug-likeness (QED) is 0.264. The van der Waals surface area contributed by atoms with Crippen molar-refractivity contribution in [2.75, 3.05) is 0 Å². The van der Waals surface area contributed by atoms with Crippen molar-refractivity contribution >= 4 is 17.8 Å². The van der Waals surface area contributed by atoms with E-state index in [1.165, 1.54) is 0 Å². The summed E-state index contributed by atoms with van der Waals surface area (Å²) in [4.78, 5) is 42.0. The zero-order valence-electron chi connectivity index (χ0n) is 21.5. The van der Waals surface area contributed by atoms with Crippen molar-refractivity contribution in [2.24, 2.45) is 5.92 Å². The average molecular weight is 496 g/mol. The monoisotopic (exact) mass is 495 g/mol. The highest BCUT2D eigenvalue weighted by atomic mass is 16.5. The highest BCUT2D eigenvalue weighted by Gasteiger charge is 2.44. The molecule has 0 N–H and O–H groups in total. The molecule has 5 rings (SSSR count). The molecule has 1 saturated carbocycles. The first-order valence-electron chi connectivity index (χ1n) is 13.3. The van der Waals surface area contributed by atoms with Crippen LogP contribution in [0.15, 0.2) is 72.8 Å². The molecule has 0 spiro atoms. The highest BCUT2D eigenvalue weighted by Crippen LogP contribution is 2.38. The molecule has 0 saturated heterocycles. The molecular formula is C32H33NO4. The molecule has 1 heterocycles. The summed E-state index contributed by atoms with van der Waals surface area (Å²) in [7, 11) is 0. The Morgan fingerprint density at radius 1 is 0.784 bits per heavy atom. The van der Waals surface area contributed by atoms with Crippen molar-refractivity contribution in [1.82, 2.24) is 4.90 Å². The first-order valence-corrected chi connectivity index (χ1v) is 13.3. The molecule has 0 bridgehead atoms. The molecule has 1 atom stereocenters. The third-order valence-electron chi connectivity index (χ3n) is 7.34. The minimum Gasteiger partial charge on any atom is -0.461 e. The molecule has 190 valence electrons. The van der Waals surface area contributed by atoms with Crippen molar-refractivity contribution < 1.29 is 19.1 Å². The summed E-state index contributed by atoms with van der Waals surface area (Å²) in [5.41, 5.74) is 4.33. The molecule has 1 aliphatic carbocycles. The van der Waals surface area contributed by atoms with E-state index < -0.39 is 23.8 Å². The van der Waals surface area contributed by atoms with E-state index in [2.05, 4.69) is 0 Å². The van der Waals surface area contributed by atoms with E-state index in [1.807, 2.05) is 86.6 Å². The van der Waals surface area contributed by atoms with Gasteiger partial charge in [0.05, 0.1) is 11.1 Å². The van der Waals surface area contributed by atoms with E-state index in [0.717, 1.165) is 59.3 Å². The van der Waals surface area contributed by atoms with Gasteiger partial charge in [-0.15, -0.1) is 0 Å². The van der Waals surface area contributed by atoms with Gasteiger partial charge in [-0.2, -0.15) is 0 Å². The largest absolute Gasteiger partial charge is 0.461 e. The summed E-state index contributed by atoms with van der Waals surface area (Å²) in [6, 6.07) is 22.4. The summed E-state index contributed by atoms with van der Waals surface area (Å²) >= 11 is 0. The van der Waals surface area contributed by atoms with Crippen LogP contribution in [-0.4, -0.2) is 34.8 Å². The van der Waals surface area contributed by atoms with Gasteiger partial charge in [-0.1, -0.05) is 80.9 Å². The van der Waals surface area contributed by atoms with Crippen LogP contribution in [0.2, 0.25) is 0 Å². The number of ether oxygens (including phenoxy) is 1. The first-order chi connectivity index (χ1) is 17.9. The average Bonchev–Trinajstić information content (AvgIpc) is 3.16. The first kappa shape index (κ1) is 24.9. The van der Waals surface area contributed by atoms with Crippen LogP contribution in [0.5, 0.6) is 0 Å². The molecule has 3 aromatic rings. The second-order valence-electron chi connectivity index (χ2n) is 10.5. The van der Waals surface area contributed by atoms with E-state index in [4.69, 9.17) is 4.74 Å². The number of nitrogens with zero attached hydrogens (tertiary/aromatic N) is 1. The summed E-state index contributed by atoms with van der Waals surface area (Å²) < 4.78 is 5.86. The number of benzene rings is 3. The number of rotatable bonds is 7. The van der Waals surface area contributed by atoms with E-state index >= 15 is 0 Å². The molecule has 0 unspecified atom stereocenters. The maximum Gasteiger partial charge on any atom is 0.329 e. The lowest BCUT2D eigenvalue weighted by molar-refractivity contribution is -0.155. The van der Waals surface area contributed by atoms with E-state index in [1.54, 1.807) is 0 Å². The van der Waals surface area contributed by atoms with Crippen LogP contribution in [0, 0.1) is 5.92 Å². The number of hydrogen-bond acceptors (Lipinski definition) is 4. The molecule has 37 heavy (non-hydrogen) atoms. The summed E-state index contributed by atoms with van der Waals surface area (Å²) in [6.07, 6.45) is 5.12. The van der Waals surface area contributed by atoms with Crippen molar-refractivity contribution in [3.05, 3.63) is 83.9 Å². The van der Waals surface area contributed by atoms with Gasteiger partial charge >= 0.3 is 5.97 Å². The lowest BCUT2D eigenvalue weighted by Crippen LogP contribution is -2.47. The molecule has 5 heteroatoms. The second kappa shape index (κ2) is 10.7. The normalized spacial score (nSPS) is 16.7. The third kappa shape index (κ3) is 5.08. The van der Waals surface area contributed by atoms with Gasteiger partial charge in [0, 0.05) is 0 Å². The Bertz CT molecular complexity index is 1210. The number of amides is 2. The number of carbonyl (C=O) groups is 3. The smallest absolute Gasteiger partial charge is 0.329 e. The minimum absolute atomic E-state index is 0.105. The molecule has 5 nitrogen and oxygen atoms in total. The fourth-order valence-electron chi connectivity index (χ4n) is 5.48. The number of hydrogen-bond donors (Lipinski definition) is 0. The summed E-state index contributed by atoms with van der Waals surface area (Å²) in [5.74, 6) is -1.22. The van der Waals surface area contributed by atoms with Crippen molar-refractivity contribution in [3.63, 3.8) is 0 Å². The Morgan fingerprint density at radius 2 is 1.27 bits per heavy atom. The maximum absolute atomic E-state index is 13.8. The summed E-state index contributed by atoms with van der Waals surface area (Å²) in [6.45, 7) is 3.97. The summed E-state index contributed by atoms with van der Waals surface area (Å²) in [5, 5.41) is 0. The Morgan fingerprint density at radius 3 is 1.73 bits per heavy atom. The Labute approximate surface area is 218 Å². The van der Waals surface area contributed by atoms with Gasteiger partial charge in [0.15, 0.2) is 0 Å². The minimum atomic E-state index is -0.935. The number of fused-ring (bicyclic) bond motifs is 1. The lowest BCUT2D eigenvalue weighted by Gasteiger charge is -2.29. The topological polar surface area (TPSA) is 63.7 Å². The van der Waals surface area contributed by atoms with Gasteiger partial charge in [0.2, 0.25) is 0 Å². The van der Waals surface area contributed by atoms with E-state index in [-0.39, 0.29) is 12.0 Å². The number of esters is 1. The Balaban J connectivity index is 1.55. The predicted octanol–water partition coefficient (Wildman–Crippen LogP) is 6.91. The zero-order chi connectivity index (χ0) is 25.9. The third-order valence-corrected chi connectivity index (χ3v) is 7.34. The van der Waals surface area contributed by atoms with Crippen LogP contribution < -0.4 is 0 Å². The SMILES string of the molecule is CC(C)C[C@@H](C(=O)OC1CCCCC1)N1C(=O)c2cc(-c3ccccc3)c(-c3ccccc3)cc2C1=O. The zero-order valence-corrected chi connectivity index (χ0v) is 21.5. The lowest BCUT2D eigenvalue weighted by atomic mass is 9.90. The number of imide groups is 1. The molecule has 2 aliphatic rings. The van der Waals surface area contributed by atoms with Crippen molar-refractivity contribution in [1.29, 1.82) is 0 Å². The van der Waals surface area contributed by atoms with Crippen LogP contribution in [-0.2, 0) is 9.53 Å². The maximum atomic E-state index is 13.8. The Kier molecular flexibility index (Phi) is 7.22. The second-order valence-corrected chi connectivity index (χ2v) is 10.5. The molecule has 0 radical (unpaired) electrons. The Hall–Kier alpha value is -3.73. The van der Waals surface area contributed by atoms with Gasteiger partial charge < -0.3 is 4.74 Å². The van der Waals surface area contributed by atoms with Crippen LogP contribution in [0.4, 0.5) is 0 Å². The fourth-order valence-corrected chi connectivity index (χ4v) is 5.48. The van der Waals surface area contributed by atoms with Gasteiger partial charge in [0.25, 0.3) is 11.8 Å². The van der Waals surface area contributed by atoms with E-state index in [9.17, 15) is 14.4 Å². The molecule has 0 aromatic heterocycles. The molecular weight excluding hydrogens is 462 g/mol. The van der Waals surface area contributed by atoms with Crippen LogP contribution in [0.1, 0.15) is 73.1 Å². The van der Waals surface area contributed by atoms with Crippen LogP contribution >= 0.6 is 0 Å². The molecule has 2 amide bonds. The van der Waals surface area contributed by atoms with E-state index in [0.29, 0.717) is 17.5 Å². The molecule has 1 fully saturated rings. The van der Waals surface area contributed by atoms with Crippen LogP contribution in [0.25, 0.3) is 22.3 Å². The predicted molar refractivity (Wildman–Crippen MR) is 144 cm³/mol. The standard InChI is InChI=1S/C32H33NO4/c1-21(2)18-29(32(36)37-24-16-10-5-11-17-24)33-30(34)27-19-25(22-12-6-3-7-13-22)26(20-28(27)31(33)35)23-14-8-4-9-15-23/h3-4,6-9,12-15,19-21,24,29H,5,10-11,16-18H2,1-2H3/t29-/m0/s1. The highest BCUT2D eigenvalue weighted by molar-refractivity contribution is 6.23. The molecule has 1 aliphatic heterocycles. The fraction of sp³-hybridized carbons (Fsp3) is 0.344. The van der Waals surface area contributed by atoms with Crippen molar-refractivity contribution in [3.8, 4) is 22.3 Å². The van der Waals surface area contributed by atoms with Gasteiger partial charge in [-0.3, -0.25) is 14.5 Å². The van der Waals surface area contributed by atoms with Gasteiger partial charge in [-0.05, 0) is 72.4 Å². The number of carbonyl (C=O) groups excluding carboxylic acids is 3. The van der Waals surface area contributed by atoms with Crippen molar-refractivity contribution in [2.45, 2.75) is 64.5 Å². The molecule has 3 aromatic carbocycles. The van der Waals surface area contributed by atoms with Gasteiger partial charge in [-0.25, -0.2) is 4.79 Å². The van der Waals surface area contributed by atoms with Crippen LogP contribution in [0.3, 0.4) is 0 Å².